The molecule has 0 aliphatic carbocycles. The van der Waals surface area contributed by atoms with Crippen LogP contribution in [0.15, 0.2) is 99.5 Å². The van der Waals surface area contributed by atoms with E-state index in [0.29, 0.717) is 16.5 Å². The van der Waals surface area contributed by atoms with Crippen LogP contribution in [0, 0.1) is 5.82 Å². The van der Waals surface area contributed by atoms with Crippen LogP contribution in [0.5, 0.6) is 0 Å². The Hall–Kier alpha value is -4.46. The van der Waals surface area contributed by atoms with E-state index >= 15 is 0 Å². The molecule has 7 nitrogen and oxygen atoms in total. The molecule has 0 N–H and O–H groups in total. The van der Waals surface area contributed by atoms with Gasteiger partial charge in [-0.2, -0.15) is 0 Å². The molecule has 4 aromatic rings. The second kappa shape index (κ2) is 10.6. The smallest absolute Gasteiger partial charge is 0.290 e. The zero-order chi connectivity index (χ0) is 24.8. The van der Waals surface area contributed by atoms with E-state index in [0.717, 1.165) is 0 Å². The Balaban J connectivity index is 1.63. The minimum absolute atomic E-state index is 0.0553. The predicted molar refractivity (Wildman–Crippen MR) is 128 cm³/mol. The highest BCUT2D eigenvalue weighted by Gasteiger charge is 2.24. The summed E-state index contributed by atoms with van der Waals surface area (Å²) in [4.78, 5) is 42.0. The molecule has 8 heteroatoms. The van der Waals surface area contributed by atoms with Crippen molar-refractivity contribution in [3.05, 3.63) is 119 Å². The van der Waals surface area contributed by atoms with Crippen LogP contribution in [0.1, 0.15) is 21.7 Å². The Kier molecular flexibility index (Phi) is 7.21. The summed E-state index contributed by atoms with van der Waals surface area (Å²) in [6, 6.07) is 15.7. The van der Waals surface area contributed by atoms with E-state index in [9.17, 15) is 18.8 Å². The van der Waals surface area contributed by atoms with Crippen molar-refractivity contribution in [1.82, 2.24) is 9.80 Å². The van der Waals surface area contributed by atoms with Crippen LogP contribution in [0.2, 0.25) is 0 Å². The number of para-hydroxylation sites is 1. The molecule has 35 heavy (non-hydrogen) atoms. The van der Waals surface area contributed by atoms with Crippen molar-refractivity contribution in [2.24, 2.45) is 0 Å². The molecule has 4 rings (SSSR count). The summed E-state index contributed by atoms with van der Waals surface area (Å²) in [6.45, 7) is 3.55. The molecule has 2 amide bonds. The Labute approximate surface area is 200 Å². The second-order valence-electron chi connectivity index (χ2n) is 7.91. The zero-order valence-corrected chi connectivity index (χ0v) is 18.9. The van der Waals surface area contributed by atoms with Crippen molar-refractivity contribution in [2.45, 2.75) is 13.1 Å². The average Bonchev–Trinajstić information content (AvgIpc) is 3.41. The minimum atomic E-state index is -0.463. The van der Waals surface area contributed by atoms with Crippen molar-refractivity contribution >= 4 is 22.8 Å². The topological polar surface area (TPSA) is 84.0 Å². The molecule has 0 radical (unpaired) electrons. The quantitative estimate of drug-likeness (QED) is 0.336. The molecule has 0 aliphatic rings. The van der Waals surface area contributed by atoms with Crippen LogP contribution >= 0.6 is 0 Å². The lowest BCUT2D eigenvalue weighted by atomic mass is 10.1. The van der Waals surface area contributed by atoms with Crippen molar-refractivity contribution < 1.29 is 22.8 Å². The van der Waals surface area contributed by atoms with Gasteiger partial charge in [0.15, 0.2) is 11.2 Å². The molecule has 2 heterocycles. The fourth-order valence-electron chi connectivity index (χ4n) is 3.67. The number of halogens is 1. The van der Waals surface area contributed by atoms with Crippen molar-refractivity contribution in [1.29, 1.82) is 0 Å². The second-order valence-corrected chi connectivity index (χ2v) is 7.91. The maximum atomic E-state index is 13.4. The van der Waals surface area contributed by atoms with Gasteiger partial charge in [0.05, 0.1) is 30.0 Å². The van der Waals surface area contributed by atoms with Gasteiger partial charge in [-0.3, -0.25) is 14.4 Å². The van der Waals surface area contributed by atoms with Gasteiger partial charge in [0, 0.05) is 13.1 Å². The maximum Gasteiger partial charge on any atom is 0.290 e. The summed E-state index contributed by atoms with van der Waals surface area (Å²) in [6.07, 6.45) is 4.22. The van der Waals surface area contributed by atoms with Gasteiger partial charge in [0.25, 0.3) is 5.91 Å². The number of carbonyl (C=O) groups excluding carboxylic acids is 2. The third-order valence-corrected chi connectivity index (χ3v) is 5.45. The first kappa shape index (κ1) is 23.7. The molecule has 2 aromatic carbocycles. The Morgan fingerprint density at radius 1 is 0.943 bits per heavy atom. The largest absolute Gasteiger partial charge is 0.464 e. The van der Waals surface area contributed by atoms with Gasteiger partial charge in [-0.25, -0.2) is 4.39 Å². The SMILES string of the molecule is C=CCN(CC(=O)N(Cc1ccc(F)cc1)Cc1coc2ccccc2c1=O)C(=O)c1ccco1. The van der Waals surface area contributed by atoms with Gasteiger partial charge >= 0.3 is 0 Å². The lowest BCUT2D eigenvalue weighted by Gasteiger charge is -2.27. The number of hydrogen-bond donors (Lipinski definition) is 0. The monoisotopic (exact) mass is 474 g/mol. The van der Waals surface area contributed by atoms with Crippen LogP contribution < -0.4 is 5.43 Å². The first-order valence-corrected chi connectivity index (χ1v) is 10.9. The molecule has 0 saturated heterocycles. The van der Waals surface area contributed by atoms with E-state index in [1.807, 2.05) is 0 Å². The van der Waals surface area contributed by atoms with E-state index in [1.54, 1.807) is 42.5 Å². The van der Waals surface area contributed by atoms with E-state index < -0.39 is 17.6 Å². The average molecular weight is 474 g/mol. The van der Waals surface area contributed by atoms with E-state index in [2.05, 4.69) is 6.58 Å². The third kappa shape index (κ3) is 5.55. The molecule has 0 unspecified atom stereocenters. The highest BCUT2D eigenvalue weighted by Crippen LogP contribution is 2.15. The Morgan fingerprint density at radius 3 is 2.43 bits per heavy atom. The third-order valence-electron chi connectivity index (χ3n) is 5.45. The lowest BCUT2D eigenvalue weighted by Crippen LogP contribution is -2.43. The summed E-state index contributed by atoms with van der Waals surface area (Å²) in [5.41, 5.74) is 1.14. The number of benzene rings is 2. The van der Waals surface area contributed by atoms with Gasteiger partial charge in [0.1, 0.15) is 17.9 Å². The van der Waals surface area contributed by atoms with Crippen molar-refractivity contribution in [3.8, 4) is 0 Å². The highest BCUT2D eigenvalue weighted by molar-refractivity contribution is 5.94. The number of rotatable bonds is 9. The molecule has 178 valence electrons. The molecule has 0 bridgehead atoms. The predicted octanol–water partition coefficient (Wildman–Crippen LogP) is 4.38. The van der Waals surface area contributed by atoms with Gasteiger partial charge in [-0.1, -0.05) is 30.3 Å². The lowest BCUT2D eigenvalue weighted by molar-refractivity contribution is -0.133. The molecular weight excluding hydrogens is 451 g/mol. The molecule has 0 aliphatic heterocycles. The van der Waals surface area contributed by atoms with E-state index in [4.69, 9.17) is 8.83 Å². The van der Waals surface area contributed by atoms with E-state index in [-0.39, 0.29) is 42.9 Å². The Morgan fingerprint density at radius 2 is 1.71 bits per heavy atom. The number of furan rings is 1. The van der Waals surface area contributed by atoms with Crippen LogP contribution in [0.4, 0.5) is 4.39 Å². The first-order chi connectivity index (χ1) is 17.0. The minimum Gasteiger partial charge on any atom is -0.464 e. The summed E-state index contributed by atoms with van der Waals surface area (Å²) < 4.78 is 24.2. The first-order valence-electron chi connectivity index (χ1n) is 10.9. The summed E-state index contributed by atoms with van der Waals surface area (Å²) in [7, 11) is 0. The molecule has 0 saturated carbocycles. The molecule has 2 aromatic heterocycles. The van der Waals surface area contributed by atoms with Gasteiger partial charge in [-0.15, -0.1) is 6.58 Å². The summed E-state index contributed by atoms with van der Waals surface area (Å²) in [5.74, 6) is -1.18. The molecule has 0 fully saturated rings. The number of carbonyl (C=O) groups is 2. The molecular formula is C27H23FN2O5. The maximum absolute atomic E-state index is 13.4. The zero-order valence-electron chi connectivity index (χ0n) is 18.9. The van der Waals surface area contributed by atoms with Gasteiger partial charge in [0.2, 0.25) is 5.91 Å². The number of amides is 2. The molecule has 0 spiro atoms. The summed E-state index contributed by atoms with van der Waals surface area (Å²) >= 11 is 0. The fraction of sp³-hybridized carbons (Fsp3) is 0.148. The van der Waals surface area contributed by atoms with Crippen LogP contribution in [-0.4, -0.2) is 34.7 Å². The van der Waals surface area contributed by atoms with Crippen molar-refractivity contribution in [3.63, 3.8) is 0 Å². The van der Waals surface area contributed by atoms with Crippen LogP contribution in [0.3, 0.4) is 0 Å². The number of fused-ring (bicyclic) bond motifs is 1. The Bertz CT molecular complexity index is 1390. The van der Waals surface area contributed by atoms with Gasteiger partial charge < -0.3 is 18.6 Å². The number of nitrogens with zero attached hydrogens (tertiary/aromatic N) is 2. The fourth-order valence-corrected chi connectivity index (χ4v) is 3.67. The van der Waals surface area contributed by atoms with Crippen molar-refractivity contribution in [2.75, 3.05) is 13.1 Å². The highest BCUT2D eigenvalue weighted by atomic mass is 19.1. The van der Waals surface area contributed by atoms with E-state index in [1.165, 1.54) is 46.6 Å². The van der Waals surface area contributed by atoms with Crippen LogP contribution in [0.25, 0.3) is 11.0 Å². The van der Waals surface area contributed by atoms with Gasteiger partial charge in [-0.05, 0) is 42.0 Å². The normalized spacial score (nSPS) is 10.8. The van der Waals surface area contributed by atoms with Crippen LogP contribution in [-0.2, 0) is 17.9 Å². The molecule has 0 atom stereocenters. The summed E-state index contributed by atoms with van der Waals surface area (Å²) in [5, 5.41) is 0.403. The number of hydrogen-bond acceptors (Lipinski definition) is 5. The standard InChI is InChI=1S/C27H23FN2O5/c1-2-13-29(27(33)24-8-5-14-34-24)17-25(31)30(15-19-9-11-21(28)12-10-19)16-20-18-35-23-7-4-3-6-22(23)26(20)32/h2-12,14,18H,1,13,15-17H2.